The van der Waals surface area contributed by atoms with Crippen LogP contribution in [0.5, 0.6) is 0 Å². The number of benzene rings is 1. The molecule has 160 valence electrons. The number of hydrogen-bond donors (Lipinski definition) is 2. The van der Waals surface area contributed by atoms with E-state index in [9.17, 15) is 5.21 Å². The Morgan fingerprint density at radius 1 is 1.22 bits per heavy atom. The van der Waals surface area contributed by atoms with E-state index in [1.165, 1.54) is 6.42 Å². The minimum atomic E-state index is 0.443. The molecular weight excluding hydrogens is 398 g/mol. The monoisotopic (exact) mass is 423 g/mol. The number of aromatic nitrogens is 3. The van der Waals surface area contributed by atoms with Crippen molar-refractivity contribution in [3.05, 3.63) is 95.8 Å². The van der Waals surface area contributed by atoms with Gasteiger partial charge in [0.2, 0.25) is 0 Å². The maximum Gasteiger partial charge on any atom is 0.150 e. The van der Waals surface area contributed by atoms with Gasteiger partial charge in [-0.05, 0) is 37.0 Å². The average molecular weight is 424 g/mol. The fourth-order valence-corrected chi connectivity index (χ4v) is 4.17. The Balaban J connectivity index is 1.52. The van der Waals surface area contributed by atoms with E-state index in [0.717, 1.165) is 52.2 Å². The molecule has 32 heavy (non-hydrogen) atoms. The van der Waals surface area contributed by atoms with Crippen molar-refractivity contribution in [3.63, 3.8) is 0 Å². The lowest BCUT2D eigenvalue weighted by Gasteiger charge is -2.23. The van der Waals surface area contributed by atoms with Gasteiger partial charge in [-0.1, -0.05) is 66.2 Å². The summed E-state index contributed by atoms with van der Waals surface area (Å²) in [5.74, 6) is 1.91. The molecule has 6 nitrogen and oxygen atoms in total. The van der Waals surface area contributed by atoms with Crippen molar-refractivity contribution in [1.29, 1.82) is 0 Å². The number of hydrogen-bond acceptors (Lipinski definition) is 5. The lowest BCUT2D eigenvalue weighted by atomic mass is 9.85. The molecule has 3 aromatic rings. The maximum atomic E-state index is 9.70. The molecule has 2 heterocycles. The predicted molar refractivity (Wildman–Crippen MR) is 129 cm³/mol. The number of oxime groups is 1. The molecule has 1 aromatic carbocycles. The maximum absolute atomic E-state index is 9.70. The van der Waals surface area contributed by atoms with Crippen LogP contribution in [0.15, 0.2) is 83.8 Å². The standard InChI is InChI=1S/C26H25N5O/c1-17(18-6-3-2-4-7-18)10-11-19-12-13-21(16-22(19)30-32)23-24-25(27)28-14-15-31(24)26(29-23)20-8-5-9-20/h2-4,6-7,10-16,20,32H,5,8-9H2,1H3,(H2,27,28)/b17-10+,19-11-,30-22+. The molecule has 0 bridgehead atoms. The summed E-state index contributed by atoms with van der Waals surface area (Å²) in [4.78, 5) is 9.24. The summed E-state index contributed by atoms with van der Waals surface area (Å²) in [6.45, 7) is 2.06. The van der Waals surface area contributed by atoms with Crippen LogP contribution >= 0.6 is 0 Å². The van der Waals surface area contributed by atoms with Crippen LogP contribution in [0, 0.1) is 0 Å². The van der Waals surface area contributed by atoms with E-state index in [1.807, 2.05) is 54.8 Å². The highest BCUT2D eigenvalue weighted by atomic mass is 16.4. The fraction of sp³-hybridized carbons (Fsp3) is 0.192. The molecule has 0 saturated heterocycles. The van der Waals surface area contributed by atoms with E-state index in [4.69, 9.17) is 10.7 Å². The summed E-state index contributed by atoms with van der Waals surface area (Å²) >= 11 is 0. The third kappa shape index (κ3) is 3.54. The first-order chi connectivity index (χ1) is 15.7. The molecule has 0 spiro atoms. The van der Waals surface area contributed by atoms with E-state index < -0.39 is 0 Å². The number of imidazole rings is 1. The second kappa shape index (κ2) is 8.30. The zero-order valence-electron chi connectivity index (χ0n) is 17.9. The first-order valence-corrected chi connectivity index (χ1v) is 10.8. The molecule has 3 N–H and O–H groups in total. The SMILES string of the molecule is C\C(=C/C=C1/C=CC(c2nc(C3CCC3)n3ccnc(N)c23)=C/C1=N\O)c1ccccc1. The van der Waals surface area contributed by atoms with Gasteiger partial charge in [0.1, 0.15) is 28.6 Å². The molecule has 0 aliphatic heterocycles. The molecule has 2 aliphatic carbocycles. The molecule has 1 fully saturated rings. The number of fused-ring (bicyclic) bond motifs is 1. The van der Waals surface area contributed by atoms with Crippen LogP contribution in [0.4, 0.5) is 5.82 Å². The Hall–Kier alpha value is -3.93. The van der Waals surface area contributed by atoms with E-state index in [-0.39, 0.29) is 0 Å². The van der Waals surface area contributed by atoms with E-state index in [1.54, 1.807) is 6.20 Å². The largest absolute Gasteiger partial charge is 0.410 e. The number of anilines is 1. The molecule has 0 atom stereocenters. The van der Waals surface area contributed by atoms with Gasteiger partial charge >= 0.3 is 0 Å². The zero-order valence-corrected chi connectivity index (χ0v) is 17.9. The van der Waals surface area contributed by atoms with Crippen LogP contribution in [0.3, 0.4) is 0 Å². The predicted octanol–water partition coefficient (Wildman–Crippen LogP) is 5.39. The summed E-state index contributed by atoms with van der Waals surface area (Å²) in [6.07, 6.45) is 16.9. The van der Waals surface area contributed by atoms with E-state index in [0.29, 0.717) is 17.4 Å². The molecule has 0 amide bonds. The quantitative estimate of drug-likeness (QED) is 0.435. The minimum absolute atomic E-state index is 0.443. The number of allylic oxidation sites excluding steroid dienone is 8. The summed E-state index contributed by atoms with van der Waals surface area (Å²) in [6, 6.07) is 10.2. The normalized spacial score (nSPS) is 19.5. The molecule has 5 rings (SSSR count). The Morgan fingerprint density at radius 2 is 2.03 bits per heavy atom. The van der Waals surface area contributed by atoms with Crippen LogP contribution in [0.25, 0.3) is 16.7 Å². The summed E-state index contributed by atoms with van der Waals surface area (Å²) in [5, 5.41) is 13.2. The Bertz CT molecular complexity index is 1320. The Morgan fingerprint density at radius 3 is 2.75 bits per heavy atom. The molecular formula is C26H25N5O. The molecule has 0 radical (unpaired) electrons. The van der Waals surface area contributed by atoms with Crippen molar-refractivity contribution in [2.45, 2.75) is 32.1 Å². The smallest absolute Gasteiger partial charge is 0.150 e. The van der Waals surface area contributed by atoms with E-state index >= 15 is 0 Å². The van der Waals surface area contributed by atoms with Crippen molar-refractivity contribution in [3.8, 4) is 0 Å². The lowest BCUT2D eigenvalue weighted by molar-refractivity contribution is 0.320. The Kier molecular flexibility index (Phi) is 5.19. The molecule has 2 aliphatic rings. The van der Waals surface area contributed by atoms with Crippen molar-refractivity contribution in [2.75, 3.05) is 5.73 Å². The van der Waals surface area contributed by atoms with Crippen LogP contribution in [-0.4, -0.2) is 25.3 Å². The van der Waals surface area contributed by atoms with Crippen LogP contribution in [0.2, 0.25) is 0 Å². The van der Waals surface area contributed by atoms with Gasteiger partial charge in [-0.15, -0.1) is 0 Å². The molecule has 2 aromatic heterocycles. The zero-order chi connectivity index (χ0) is 22.1. The lowest BCUT2D eigenvalue weighted by Crippen LogP contribution is -2.12. The summed E-state index contributed by atoms with van der Waals surface area (Å²) in [5.41, 5.74) is 12.2. The van der Waals surface area contributed by atoms with Gasteiger partial charge in [0.05, 0.1) is 0 Å². The number of nitrogens with two attached hydrogens (primary N) is 1. The van der Waals surface area contributed by atoms with Gasteiger partial charge in [-0.3, -0.25) is 4.40 Å². The minimum Gasteiger partial charge on any atom is -0.410 e. The highest BCUT2D eigenvalue weighted by Crippen LogP contribution is 2.38. The van der Waals surface area contributed by atoms with Gasteiger partial charge in [-0.25, -0.2) is 9.97 Å². The van der Waals surface area contributed by atoms with Crippen LogP contribution in [-0.2, 0) is 0 Å². The highest BCUT2D eigenvalue weighted by Gasteiger charge is 2.27. The van der Waals surface area contributed by atoms with Crippen molar-refractivity contribution in [1.82, 2.24) is 14.4 Å². The van der Waals surface area contributed by atoms with Crippen LogP contribution < -0.4 is 5.73 Å². The van der Waals surface area contributed by atoms with Crippen LogP contribution in [0.1, 0.15) is 49.2 Å². The molecule has 1 saturated carbocycles. The van der Waals surface area contributed by atoms with Gasteiger partial charge < -0.3 is 10.9 Å². The van der Waals surface area contributed by atoms with Crippen molar-refractivity contribution >= 4 is 28.2 Å². The second-order valence-electron chi connectivity index (χ2n) is 8.23. The third-order valence-electron chi connectivity index (χ3n) is 6.23. The molecule has 0 unspecified atom stereocenters. The van der Waals surface area contributed by atoms with Gasteiger partial charge in [0, 0.05) is 29.5 Å². The third-order valence-corrected chi connectivity index (χ3v) is 6.23. The second-order valence-corrected chi connectivity index (χ2v) is 8.23. The summed E-state index contributed by atoms with van der Waals surface area (Å²) in [7, 11) is 0. The van der Waals surface area contributed by atoms with Crippen molar-refractivity contribution in [2.24, 2.45) is 5.16 Å². The average Bonchev–Trinajstić information content (AvgIpc) is 3.17. The van der Waals surface area contributed by atoms with Crippen molar-refractivity contribution < 1.29 is 5.21 Å². The number of rotatable bonds is 4. The highest BCUT2D eigenvalue weighted by molar-refractivity contribution is 6.17. The fourth-order valence-electron chi connectivity index (χ4n) is 4.17. The van der Waals surface area contributed by atoms with Gasteiger partial charge in [-0.2, -0.15) is 0 Å². The van der Waals surface area contributed by atoms with E-state index in [2.05, 4.69) is 33.6 Å². The number of nitrogens with zero attached hydrogens (tertiary/aromatic N) is 4. The summed E-state index contributed by atoms with van der Waals surface area (Å²) < 4.78 is 2.06. The topological polar surface area (TPSA) is 88.8 Å². The molecule has 6 heteroatoms. The van der Waals surface area contributed by atoms with Gasteiger partial charge in [0.25, 0.3) is 0 Å². The van der Waals surface area contributed by atoms with Gasteiger partial charge in [0.15, 0.2) is 0 Å². The first kappa shape index (κ1) is 20.0. The Labute approximate surface area is 186 Å². The number of nitrogen functional groups attached to an aromatic ring is 1. The first-order valence-electron chi connectivity index (χ1n) is 10.8.